The van der Waals surface area contributed by atoms with Gasteiger partial charge in [-0.1, -0.05) is 41.6 Å². The molecule has 0 aliphatic heterocycles. The number of hydrogen-bond acceptors (Lipinski definition) is 6. The topological polar surface area (TPSA) is 94.3 Å². The van der Waals surface area contributed by atoms with Crippen LogP contribution in [0.25, 0.3) is 11.4 Å². The lowest BCUT2D eigenvalue weighted by atomic mass is 10.2. The summed E-state index contributed by atoms with van der Waals surface area (Å²) in [5.41, 5.74) is 0.887. The van der Waals surface area contributed by atoms with E-state index < -0.39 is 17.7 Å². The molecule has 1 aromatic heterocycles. The van der Waals surface area contributed by atoms with E-state index in [1.165, 1.54) is 18.2 Å². The molecule has 3 rings (SSSR count). The molecule has 0 aliphatic carbocycles. The van der Waals surface area contributed by atoms with E-state index in [0.29, 0.717) is 5.82 Å². The Morgan fingerprint density at radius 3 is 2.69 bits per heavy atom. The smallest absolute Gasteiger partial charge is 0.325 e. The highest BCUT2D eigenvalue weighted by molar-refractivity contribution is 5.95. The van der Waals surface area contributed by atoms with Crippen LogP contribution < -0.4 is 5.32 Å². The summed E-state index contributed by atoms with van der Waals surface area (Å²) in [6.07, 6.45) is 0. The molecular weight excluding hydrogens is 341 g/mol. The molecule has 0 fully saturated rings. The van der Waals surface area contributed by atoms with E-state index in [9.17, 15) is 14.0 Å². The van der Waals surface area contributed by atoms with Crippen LogP contribution in [0.15, 0.2) is 59.1 Å². The molecule has 0 saturated carbocycles. The number of nitrogens with zero attached hydrogens (tertiary/aromatic N) is 2. The first kappa shape index (κ1) is 17.3. The summed E-state index contributed by atoms with van der Waals surface area (Å²) in [7, 11) is 0. The second-order valence-corrected chi connectivity index (χ2v) is 5.23. The monoisotopic (exact) mass is 355 g/mol. The molecule has 0 aliphatic rings. The molecule has 0 atom stereocenters. The maximum absolute atomic E-state index is 13.1. The minimum atomic E-state index is -0.686. The number of ether oxygens (including phenoxy) is 1. The molecule has 0 unspecified atom stereocenters. The number of aromatic nitrogens is 2. The van der Waals surface area contributed by atoms with Gasteiger partial charge < -0.3 is 14.6 Å². The molecular formula is C18H14FN3O4. The molecule has 1 amide bonds. The maximum Gasteiger partial charge on any atom is 0.325 e. The van der Waals surface area contributed by atoms with E-state index in [1.807, 2.05) is 30.3 Å². The Morgan fingerprint density at radius 1 is 1.12 bits per heavy atom. The van der Waals surface area contributed by atoms with Crippen molar-refractivity contribution in [3.05, 3.63) is 71.9 Å². The third kappa shape index (κ3) is 4.50. The first-order valence-electron chi connectivity index (χ1n) is 7.69. The van der Waals surface area contributed by atoms with Crippen LogP contribution in [-0.2, 0) is 16.1 Å². The molecule has 0 spiro atoms. The van der Waals surface area contributed by atoms with E-state index in [2.05, 4.69) is 15.5 Å². The Kier molecular flexibility index (Phi) is 5.33. The molecule has 8 heteroatoms. The van der Waals surface area contributed by atoms with Crippen molar-refractivity contribution in [2.75, 3.05) is 6.54 Å². The zero-order valence-electron chi connectivity index (χ0n) is 13.5. The van der Waals surface area contributed by atoms with Crippen molar-refractivity contribution in [3.63, 3.8) is 0 Å². The largest absolute Gasteiger partial charge is 0.454 e. The van der Waals surface area contributed by atoms with Crippen molar-refractivity contribution in [1.29, 1.82) is 0 Å². The molecule has 0 bridgehead atoms. The number of esters is 1. The lowest BCUT2D eigenvalue weighted by Crippen LogP contribution is -2.30. The molecule has 0 saturated heterocycles. The Labute approximate surface area is 147 Å². The second-order valence-electron chi connectivity index (χ2n) is 5.23. The zero-order chi connectivity index (χ0) is 18.4. The minimum absolute atomic E-state index is 0.113. The number of amides is 1. The van der Waals surface area contributed by atoms with Gasteiger partial charge in [-0.05, 0) is 18.2 Å². The van der Waals surface area contributed by atoms with Gasteiger partial charge in [-0.3, -0.25) is 9.59 Å². The molecule has 2 aromatic carbocycles. The highest BCUT2D eigenvalue weighted by Crippen LogP contribution is 2.15. The Morgan fingerprint density at radius 2 is 1.92 bits per heavy atom. The van der Waals surface area contributed by atoms with E-state index in [0.717, 1.165) is 11.6 Å². The Balaban J connectivity index is 1.47. The number of carbonyl (C=O) groups excluding carboxylic acids is 2. The predicted molar refractivity (Wildman–Crippen MR) is 88.3 cm³/mol. The molecule has 1 heterocycles. The average Bonchev–Trinajstić information content (AvgIpc) is 3.14. The van der Waals surface area contributed by atoms with Gasteiger partial charge in [0.05, 0.1) is 0 Å². The summed E-state index contributed by atoms with van der Waals surface area (Å²) in [5.74, 6) is -1.28. The van der Waals surface area contributed by atoms with Crippen LogP contribution in [0.5, 0.6) is 0 Å². The summed E-state index contributed by atoms with van der Waals surface area (Å²) >= 11 is 0. The lowest BCUT2D eigenvalue weighted by molar-refractivity contribution is -0.144. The first-order chi connectivity index (χ1) is 12.6. The summed E-state index contributed by atoms with van der Waals surface area (Å²) in [6.45, 7) is -0.580. The number of rotatable bonds is 6. The highest BCUT2D eigenvalue weighted by atomic mass is 19.1. The minimum Gasteiger partial charge on any atom is -0.454 e. The molecule has 0 radical (unpaired) electrons. The maximum atomic E-state index is 13.1. The standard InChI is InChI=1S/C18H14FN3O4/c19-14-8-4-7-13(9-14)18(24)20-10-16(23)25-11-15-21-17(22-26-15)12-5-2-1-3-6-12/h1-9H,10-11H2,(H,20,24). The van der Waals surface area contributed by atoms with Crippen molar-refractivity contribution in [2.45, 2.75) is 6.61 Å². The van der Waals surface area contributed by atoms with E-state index in [4.69, 9.17) is 9.26 Å². The summed E-state index contributed by atoms with van der Waals surface area (Å²) < 4.78 is 23.0. The van der Waals surface area contributed by atoms with Gasteiger partial charge in [0.15, 0.2) is 6.61 Å². The molecule has 7 nitrogen and oxygen atoms in total. The van der Waals surface area contributed by atoms with Crippen molar-refractivity contribution in [3.8, 4) is 11.4 Å². The van der Waals surface area contributed by atoms with Crippen LogP contribution in [0.3, 0.4) is 0 Å². The van der Waals surface area contributed by atoms with E-state index >= 15 is 0 Å². The fourth-order valence-electron chi connectivity index (χ4n) is 2.10. The van der Waals surface area contributed by atoms with Crippen LogP contribution in [0.4, 0.5) is 4.39 Å². The third-order valence-corrected chi connectivity index (χ3v) is 3.34. The van der Waals surface area contributed by atoms with Crippen LogP contribution in [0.2, 0.25) is 0 Å². The molecule has 3 aromatic rings. The predicted octanol–water partition coefficient (Wildman–Crippen LogP) is 2.35. The SMILES string of the molecule is O=C(CNC(=O)c1cccc(F)c1)OCc1nc(-c2ccccc2)no1. The van der Waals surface area contributed by atoms with Crippen LogP contribution in [-0.4, -0.2) is 28.6 Å². The van der Waals surface area contributed by atoms with Crippen molar-refractivity contribution < 1.29 is 23.2 Å². The molecule has 26 heavy (non-hydrogen) atoms. The quantitative estimate of drug-likeness (QED) is 0.682. The van der Waals surface area contributed by atoms with Crippen LogP contribution >= 0.6 is 0 Å². The fourth-order valence-corrected chi connectivity index (χ4v) is 2.10. The van der Waals surface area contributed by atoms with Gasteiger partial charge in [0.25, 0.3) is 11.8 Å². The van der Waals surface area contributed by atoms with Gasteiger partial charge in [0.1, 0.15) is 12.4 Å². The zero-order valence-corrected chi connectivity index (χ0v) is 13.5. The summed E-state index contributed by atoms with van der Waals surface area (Å²) in [6, 6.07) is 14.3. The average molecular weight is 355 g/mol. The number of benzene rings is 2. The fraction of sp³-hybridized carbons (Fsp3) is 0.111. The normalized spacial score (nSPS) is 10.3. The van der Waals surface area contributed by atoms with Gasteiger partial charge in [-0.15, -0.1) is 0 Å². The second kappa shape index (κ2) is 8.02. The number of carbonyl (C=O) groups is 2. The summed E-state index contributed by atoms with van der Waals surface area (Å²) in [5, 5.41) is 6.15. The van der Waals surface area contributed by atoms with Crippen molar-refractivity contribution in [1.82, 2.24) is 15.5 Å². The van der Waals surface area contributed by atoms with Gasteiger partial charge >= 0.3 is 5.97 Å². The number of halogens is 1. The van der Waals surface area contributed by atoms with Crippen LogP contribution in [0.1, 0.15) is 16.2 Å². The van der Waals surface area contributed by atoms with Crippen molar-refractivity contribution in [2.24, 2.45) is 0 Å². The van der Waals surface area contributed by atoms with E-state index in [1.54, 1.807) is 0 Å². The van der Waals surface area contributed by atoms with Crippen LogP contribution in [0, 0.1) is 5.82 Å². The Hall–Kier alpha value is -3.55. The third-order valence-electron chi connectivity index (χ3n) is 3.34. The Bertz CT molecular complexity index is 912. The number of nitrogens with one attached hydrogen (secondary N) is 1. The number of hydrogen-bond donors (Lipinski definition) is 1. The lowest BCUT2D eigenvalue weighted by Gasteiger charge is -2.05. The van der Waals surface area contributed by atoms with Gasteiger partial charge in [0.2, 0.25) is 5.82 Å². The highest BCUT2D eigenvalue weighted by Gasteiger charge is 2.13. The van der Waals surface area contributed by atoms with Gasteiger partial charge in [-0.2, -0.15) is 4.98 Å². The van der Waals surface area contributed by atoms with Gasteiger partial charge in [-0.25, -0.2) is 4.39 Å². The van der Waals surface area contributed by atoms with Gasteiger partial charge in [0, 0.05) is 11.1 Å². The van der Waals surface area contributed by atoms with E-state index in [-0.39, 0.29) is 24.6 Å². The van der Waals surface area contributed by atoms with Crippen molar-refractivity contribution >= 4 is 11.9 Å². The first-order valence-corrected chi connectivity index (χ1v) is 7.69. The molecule has 1 N–H and O–H groups in total. The summed E-state index contributed by atoms with van der Waals surface area (Å²) in [4.78, 5) is 27.6. The molecule has 132 valence electrons.